The Hall–Kier alpha value is -1.89. The Morgan fingerprint density at radius 1 is 1.05 bits per heavy atom. The number of benzene rings is 1. The lowest BCUT2D eigenvalue weighted by molar-refractivity contribution is 0.171. The predicted molar refractivity (Wildman–Crippen MR) is 77.0 cm³/mol. The monoisotopic (exact) mass is 272 g/mol. The van der Waals surface area contributed by atoms with E-state index >= 15 is 0 Å². The molecule has 4 nitrogen and oxygen atoms in total. The van der Waals surface area contributed by atoms with Gasteiger partial charge in [0.2, 0.25) is 0 Å². The molecule has 2 aliphatic rings. The zero-order valence-corrected chi connectivity index (χ0v) is 11.6. The molecule has 1 aliphatic heterocycles. The van der Waals surface area contributed by atoms with Gasteiger partial charge in [-0.25, -0.2) is 0 Å². The van der Waals surface area contributed by atoms with Gasteiger partial charge in [-0.05, 0) is 25.0 Å². The summed E-state index contributed by atoms with van der Waals surface area (Å²) < 4.78 is 11.1. The minimum Gasteiger partial charge on any atom is -0.486 e. The second-order valence-electron chi connectivity index (χ2n) is 5.48. The Morgan fingerprint density at radius 2 is 1.85 bits per heavy atom. The Bertz CT molecular complexity index is 510. The smallest absolute Gasteiger partial charge is 0.163 e. The van der Waals surface area contributed by atoms with Gasteiger partial charge in [-0.1, -0.05) is 19.3 Å². The molecule has 4 heteroatoms. The molecule has 0 saturated heterocycles. The van der Waals surface area contributed by atoms with Crippen molar-refractivity contribution in [3.63, 3.8) is 0 Å². The molecular formula is C16H20N2O2. The van der Waals surface area contributed by atoms with Gasteiger partial charge in [-0.2, -0.15) is 5.26 Å². The van der Waals surface area contributed by atoms with Gasteiger partial charge in [0.15, 0.2) is 11.5 Å². The third-order valence-corrected chi connectivity index (χ3v) is 4.08. The first kappa shape index (κ1) is 13.1. The number of nitrogens with zero attached hydrogens (tertiary/aromatic N) is 1. The van der Waals surface area contributed by atoms with E-state index in [4.69, 9.17) is 9.47 Å². The van der Waals surface area contributed by atoms with E-state index in [1.165, 1.54) is 12.8 Å². The summed E-state index contributed by atoms with van der Waals surface area (Å²) in [7, 11) is 0. The Labute approximate surface area is 119 Å². The van der Waals surface area contributed by atoms with Crippen molar-refractivity contribution in [3.8, 4) is 17.6 Å². The highest BCUT2D eigenvalue weighted by Gasteiger charge is 2.23. The van der Waals surface area contributed by atoms with Gasteiger partial charge >= 0.3 is 0 Å². The average Bonchev–Trinajstić information content (AvgIpc) is 2.72. The van der Waals surface area contributed by atoms with Crippen molar-refractivity contribution in [2.45, 2.75) is 38.1 Å². The highest BCUT2D eigenvalue weighted by Crippen LogP contribution is 2.34. The van der Waals surface area contributed by atoms with Crippen LogP contribution in [0.3, 0.4) is 0 Å². The third-order valence-electron chi connectivity index (χ3n) is 4.08. The van der Waals surface area contributed by atoms with Gasteiger partial charge in [0.1, 0.15) is 13.2 Å². The van der Waals surface area contributed by atoms with Crippen LogP contribution >= 0.6 is 0 Å². The fraction of sp³-hybridized carbons (Fsp3) is 0.562. The lowest BCUT2D eigenvalue weighted by Crippen LogP contribution is -2.27. The second kappa shape index (κ2) is 6.04. The molecule has 3 rings (SSSR count). The van der Waals surface area contributed by atoms with E-state index in [0.29, 0.717) is 13.2 Å². The number of hydrogen-bond donors (Lipinski definition) is 1. The number of rotatable bonds is 2. The topological polar surface area (TPSA) is 54.3 Å². The summed E-state index contributed by atoms with van der Waals surface area (Å²) in [6, 6.07) is 8.63. The van der Waals surface area contributed by atoms with Crippen LogP contribution in [0.1, 0.15) is 32.1 Å². The molecule has 106 valence electrons. The largest absolute Gasteiger partial charge is 0.486 e. The molecule has 1 aromatic carbocycles. The minimum atomic E-state index is 0.103. The summed E-state index contributed by atoms with van der Waals surface area (Å²) in [4.78, 5) is 0. The van der Waals surface area contributed by atoms with E-state index in [2.05, 4.69) is 11.4 Å². The summed E-state index contributed by atoms with van der Waals surface area (Å²) in [6.45, 7) is 1.21. The van der Waals surface area contributed by atoms with Gasteiger partial charge in [-0.3, -0.25) is 0 Å². The molecule has 0 radical (unpaired) electrons. The maximum Gasteiger partial charge on any atom is 0.163 e. The van der Waals surface area contributed by atoms with Crippen molar-refractivity contribution in [1.82, 2.24) is 0 Å². The van der Waals surface area contributed by atoms with Crippen LogP contribution in [0.5, 0.6) is 11.5 Å². The first-order valence-electron chi connectivity index (χ1n) is 7.42. The van der Waals surface area contributed by atoms with Crippen molar-refractivity contribution < 1.29 is 9.47 Å². The summed E-state index contributed by atoms with van der Waals surface area (Å²) in [5.74, 6) is 1.70. The van der Waals surface area contributed by atoms with Crippen LogP contribution in [0.2, 0.25) is 0 Å². The number of anilines is 1. The number of fused-ring (bicyclic) bond motifs is 1. The highest BCUT2D eigenvalue weighted by molar-refractivity contribution is 5.55. The fourth-order valence-electron chi connectivity index (χ4n) is 2.98. The zero-order valence-electron chi connectivity index (χ0n) is 11.6. The van der Waals surface area contributed by atoms with Crippen LogP contribution in [0, 0.1) is 17.2 Å². The van der Waals surface area contributed by atoms with E-state index in [-0.39, 0.29) is 12.0 Å². The third kappa shape index (κ3) is 2.82. The second-order valence-corrected chi connectivity index (χ2v) is 5.48. The molecule has 1 N–H and O–H groups in total. The molecule has 20 heavy (non-hydrogen) atoms. The van der Waals surface area contributed by atoms with Crippen LogP contribution in [-0.2, 0) is 0 Å². The summed E-state index contributed by atoms with van der Waals surface area (Å²) in [5.41, 5.74) is 1.02. The Morgan fingerprint density at radius 3 is 2.70 bits per heavy atom. The first-order valence-corrected chi connectivity index (χ1v) is 7.42. The van der Waals surface area contributed by atoms with E-state index in [1.54, 1.807) is 0 Å². The molecular weight excluding hydrogens is 252 g/mol. The van der Waals surface area contributed by atoms with Crippen molar-refractivity contribution in [3.05, 3.63) is 18.2 Å². The lowest BCUT2D eigenvalue weighted by atomic mass is 9.96. The number of nitriles is 1. The van der Waals surface area contributed by atoms with Gasteiger partial charge in [0.05, 0.1) is 12.0 Å². The maximum atomic E-state index is 9.32. The molecule has 1 aromatic rings. The molecule has 1 fully saturated rings. The first-order chi connectivity index (χ1) is 9.86. The van der Waals surface area contributed by atoms with Crippen LogP contribution in [0.25, 0.3) is 0 Å². The molecule has 0 spiro atoms. The van der Waals surface area contributed by atoms with Gasteiger partial charge < -0.3 is 14.8 Å². The Kier molecular flexibility index (Phi) is 3.96. The quantitative estimate of drug-likeness (QED) is 0.839. The molecule has 0 bridgehead atoms. The Balaban J connectivity index is 1.74. The minimum absolute atomic E-state index is 0.103. The zero-order chi connectivity index (χ0) is 13.8. The van der Waals surface area contributed by atoms with Crippen molar-refractivity contribution in [1.29, 1.82) is 5.26 Å². The van der Waals surface area contributed by atoms with Crippen LogP contribution < -0.4 is 14.8 Å². The molecule has 0 amide bonds. The summed E-state index contributed by atoms with van der Waals surface area (Å²) in [6.07, 6.45) is 5.65. The number of ether oxygens (including phenoxy) is 2. The van der Waals surface area contributed by atoms with E-state index in [9.17, 15) is 5.26 Å². The van der Waals surface area contributed by atoms with Crippen LogP contribution in [-0.4, -0.2) is 19.3 Å². The average molecular weight is 272 g/mol. The summed E-state index contributed by atoms with van der Waals surface area (Å²) in [5, 5.41) is 12.8. The number of nitrogens with one attached hydrogen (secondary N) is 1. The van der Waals surface area contributed by atoms with Crippen molar-refractivity contribution in [2.75, 3.05) is 18.5 Å². The van der Waals surface area contributed by atoms with E-state index < -0.39 is 0 Å². The summed E-state index contributed by atoms with van der Waals surface area (Å²) >= 11 is 0. The molecule has 2 unspecified atom stereocenters. The SMILES string of the molecule is N#CC1CCCCCC1Nc1ccc2c(c1)OCCO2. The molecule has 1 aliphatic carbocycles. The molecule has 0 aromatic heterocycles. The lowest BCUT2D eigenvalue weighted by Gasteiger charge is -2.24. The van der Waals surface area contributed by atoms with Gasteiger partial charge in [0, 0.05) is 17.8 Å². The van der Waals surface area contributed by atoms with Gasteiger partial charge in [0.25, 0.3) is 0 Å². The standard InChI is InChI=1S/C16H20N2O2/c17-11-12-4-2-1-3-5-14(12)18-13-6-7-15-16(10-13)20-9-8-19-15/h6-7,10,12,14,18H,1-5,8-9H2. The van der Waals surface area contributed by atoms with Crippen LogP contribution in [0.15, 0.2) is 18.2 Å². The van der Waals surface area contributed by atoms with Crippen LogP contribution in [0.4, 0.5) is 5.69 Å². The molecule has 1 heterocycles. The number of hydrogen-bond acceptors (Lipinski definition) is 4. The maximum absolute atomic E-state index is 9.32. The fourth-order valence-corrected chi connectivity index (χ4v) is 2.98. The van der Waals surface area contributed by atoms with Crippen molar-refractivity contribution >= 4 is 5.69 Å². The van der Waals surface area contributed by atoms with E-state index in [1.807, 2.05) is 18.2 Å². The normalized spacial score (nSPS) is 25.4. The van der Waals surface area contributed by atoms with Gasteiger partial charge in [-0.15, -0.1) is 0 Å². The predicted octanol–water partition coefficient (Wildman–Crippen LogP) is 3.34. The molecule has 2 atom stereocenters. The molecule has 1 saturated carbocycles. The highest BCUT2D eigenvalue weighted by atomic mass is 16.6. The van der Waals surface area contributed by atoms with E-state index in [0.717, 1.165) is 36.4 Å². The van der Waals surface area contributed by atoms with Crippen molar-refractivity contribution in [2.24, 2.45) is 5.92 Å².